The topological polar surface area (TPSA) is 79.4 Å². The second kappa shape index (κ2) is 5.26. The summed E-state index contributed by atoms with van der Waals surface area (Å²) in [6.07, 6.45) is 3.45. The van der Waals surface area contributed by atoms with Crippen molar-refractivity contribution in [3.8, 4) is 11.4 Å². The van der Waals surface area contributed by atoms with E-state index in [-0.39, 0.29) is 0 Å². The minimum atomic E-state index is 0.531. The van der Waals surface area contributed by atoms with Crippen LogP contribution in [0.3, 0.4) is 0 Å². The van der Waals surface area contributed by atoms with Gasteiger partial charge in [0.25, 0.3) is 0 Å². The number of pyridine rings is 1. The van der Waals surface area contributed by atoms with Gasteiger partial charge in [-0.1, -0.05) is 30.3 Å². The molecule has 0 saturated carbocycles. The molecule has 1 aromatic carbocycles. The number of hydrogen-bond donors (Lipinski definition) is 2. The fourth-order valence-corrected chi connectivity index (χ4v) is 1.80. The van der Waals surface area contributed by atoms with Crippen molar-refractivity contribution in [1.82, 2.24) is 25.6 Å². The number of anilines is 1. The van der Waals surface area contributed by atoms with Crippen molar-refractivity contribution in [2.45, 2.75) is 6.54 Å². The molecule has 2 heterocycles. The Morgan fingerprint density at radius 2 is 2.00 bits per heavy atom. The smallest absolute Gasteiger partial charge is 0.208 e. The highest BCUT2D eigenvalue weighted by Crippen LogP contribution is 2.23. The molecular weight excluding hydrogens is 240 g/mol. The molecule has 0 aliphatic heterocycles. The van der Waals surface area contributed by atoms with Crippen molar-refractivity contribution < 1.29 is 0 Å². The molecular formula is C13H12N6. The van der Waals surface area contributed by atoms with Crippen LogP contribution in [0.1, 0.15) is 5.56 Å². The second-order valence-corrected chi connectivity index (χ2v) is 4.00. The summed E-state index contributed by atoms with van der Waals surface area (Å²) in [5.74, 6) is 0.531. The number of benzene rings is 1. The maximum Gasteiger partial charge on any atom is 0.208 e. The Labute approximate surface area is 109 Å². The summed E-state index contributed by atoms with van der Waals surface area (Å²) in [5, 5.41) is 17.3. The van der Waals surface area contributed by atoms with Crippen LogP contribution in [0.5, 0.6) is 0 Å². The van der Waals surface area contributed by atoms with Crippen LogP contribution < -0.4 is 5.32 Å². The van der Waals surface area contributed by atoms with Crippen LogP contribution >= 0.6 is 0 Å². The molecule has 94 valence electrons. The zero-order valence-corrected chi connectivity index (χ0v) is 10.1. The third-order valence-electron chi connectivity index (χ3n) is 2.73. The van der Waals surface area contributed by atoms with Gasteiger partial charge < -0.3 is 5.32 Å². The minimum Gasteiger partial charge on any atom is -0.380 e. The number of aromatic amines is 1. The van der Waals surface area contributed by atoms with Crippen molar-refractivity contribution >= 4 is 5.69 Å². The molecule has 0 bridgehead atoms. The molecule has 0 aliphatic rings. The summed E-state index contributed by atoms with van der Waals surface area (Å²) in [7, 11) is 0. The van der Waals surface area contributed by atoms with Crippen LogP contribution in [0.25, 0.3) is 11.4 Å². The number of hydrogen-bond acceptors (Lipinski definition) is 5. The summed E-state index contributed by atoms with van der Waals surface area (Å²) in [6.45, 7) is 0.732. The Kier molecular flexibility index (Phi) is 3.14. The molecule has 2 aromatic heterocycles. The molecule has 0 atom stereocenters. The first kappa shape index (κ1) is 11.3. The van der Waals surface area contributed by atoms with Gasteiger partial charge in [0.15, 0.2) is 0 Å². The van der Waals surface area contributed by atoms with Gasteiger partial charge in [0.2, 0.25) is 5.82 Å². The molecule has 0 spiro atoms. The third kappa shape index (κ3) is 2.57. The fraction of sp³-hybridized carbons (Fsp3) is 0.0769. The van der Waals surface area contributed by atoms with Crippen molar-refractivity contribution in [1.29, 1.82) is 0 Å². The molecule has 0 radical (unpaired) electrons. The number of H-pyrrole nitrogens is 1. The van der Waals surface area contributed by atoms with E-state index in [2.05, 4.69) is 43.1 Å². The lowest BCUT2D eigenvalue weighted by atomic mass is 10.2. The zero-order valence-electron chi connectivity index (χ0n) is 10.1. The van der Waals surface area contributed by atoms with Gasteiger partial charge in [0, 0.05) is 24.6 Å². The first-order chi connectivity index (χ1) is 9.43. The number of rotatable bonds is 4. The monoisotopic (exact) mass is 252 g/mol. The molecule has 19 heavy (non-hydrogen) atoms. The standard InChI is InChI=1S/C13H12N6/c1-2-4-10(5-3-1)8-15-12-6-7-14-9-11(12)13-16-18-19-17-13/h1-7,9H,8H2,(H,14,15)(H,16,17,18,19). The van der Waals surface area contributed by atoms with Gasteiger partial charge in [-0.05, 0) is 16.8 Å². The Balaban J connectivity index is 1.82. The van der Waals surface area contributed by atoms with Crippen LogP contribution in [-0.4, -0.2) is 25.6 Å². The highest BCUT2D eigenvalue weighted by Gasteiger charge is 2.08. The Morgan fingerprint density at radius 1 is 1.11 bits per heavy atom. The maximum atomic E-state index is 4.09. The molecule has 2 N–H and O–H groups in total. The summed E-state index contributed by atoms with van der Waals surface area (Å²) in [6, 6.07) is 12.1. The average molecular weight is 252 g/mol. The van der Waals surface area contributed by atoms with E-state index in [0.29, 0.717) is 5.82 Å². The van der Waals surface area contributed by atoms with E-state index in [1.807, 2.05) is 24.3 Å². The first-order valence-electron chi connectivity index (χ1n) is 5.89. The van der Waals surface area contributed by atoms with Crippen molar-refractivity contribution in [2.75, 3.05) is 5.32 Å². The summed E-state index contributed by atoms with van der Waals surface area (Å²) in [5.41, 5.74) is 2.96. The van der Waals surface area contributed by atoms with Gasteiger partial charge in [0.1, 0.15) is 0 Å². The Morgan fingerprint density at radius 3 is 2.79 bits per heavy atom. The lowest BCUT2D eigenvalue weighted by molar-refractivity contribution is 0.881. The molecule has 3 aromatic rings. The number of nitrogens with one attached hydrogen (secondary N) is 2. The number of tetrazole rings is 1. The average Bonchev–Trinajstić information content (AvgIpc) is 3.01. The number of aromatic nitrogens is 5. The molecule has 0 aliphatic carbocycles. The zero-order chi connectivity index (χ0) is 12.9. The fourth-order valence-electron chi connectivity index (χ4n) is 1.80. The predicted octanol–water partition coefficient (Wildman–Crippen LogP) is 1.87. The van der Waals surface area contributed by atoms with Crippen LogP contribution in [0, 0.1) is 0 Å². The molecule has 0 amide bonds. The van der Waals surface area contributed by atoms with Crippen molar-refractivity contribution in [2.24, 2.45) is 0 Å². The van der Waals surface area contributed by atoms with Gasteiger partial charge in [0.05, 0.1) is 5.56 Å². The Bertz CT molecular complexity index is 635. The SMILES string of the molecule is c1ccc(CNc2ccncc2-c2nn[nH]n2)cc1. The van der Waals surface area contributed by atoms with E-state index in [1.165, 1.54) is 5.56 Å². The summed E-state index contributed by atoms with van der Waals surface area (Å²) >= 11 is 0. The number of nitrogens with zero attached hydrogens (tertiary/aromatic N) is 4. The lowest BCUT2D eigenvalue weighted by Gasteiger charge is -2.09. The Hall–Kier alpha value is -2.76. The normalized spacial score (nSPS) is 10.3. The van der Waals surface area contributed by atoms with Crippen LogP contribution in [0.4, 0.5) is 5.69 Å². The quantitative estimate of drug-likeness (QED) is 0.741. The van der Waals surface area contributed by atoms with E-state index < -0.39 is 0 Å². The molecule has 0 fully saturated rings. The first-order valence-corrected chi connectivity index (χ1v) is 5.89. The van der Waals surface area contributed by atoms with Gasteiger partial charge in [-0.2, -0.15) is 5.21 Å². The van der Waals surface area contributed by atoms with E-state index in [9.17, 15) is 0 Å². The van der Waals surface area contributed by atoms with Crippen molar-refractivity contribution in [3.05, 3.63) is 54.4 Å². The van der Waals surface area contributed by atoms with Crippen molar-refractivity contribution in [3.63, 3.8) is 0 Å². The van der Waals surface area contributed by atoms with E-state index >= 15 is 0 Å². The summed E-state index contributed by atoms with van der Waals surface area (Å²) < 4.78 is 0. The van der Waals surface area contributed by atoms with Crippen LogP contribution in [-0.2, 0) is 6.54 Å². The molecule has 0 saturated heterocycles. The van der Waals surface area contributed by atoms with Crippen LogP contribution in [0.15, 0.2) is 48.8 Å². The second-order valence-electron chi connectivity index (χ2n) is 4.00. The minimum absolute atomic E-state index is 0.531. The van der Waals surface area contributed by atoms with Crippen LogP contribution in [0.2, 0.25) is 0 Å². The lowest BCUT2D eigenvalue weighted by Crippen LogP contribution is -2.01. The third-order valence-corrected chi connectivity index (χ3v) is 2.73. The van der Waals surface area contributed by atoms with Gasteiger partial charge in [-0.15, -0.1) is 10.2 Å². The maximum absolute atomic E-state index is 4.09. The predicted molar refractivity (Wildman–Crippen MR) is 71.2 cm³/mol. The van der Waals surface area contributed by atoms with Gasteiger partial charge in [-0.25, -0.2) is 0 Å². The molecule has 3 rings (SSSR count). The molecule has 6 heteroatoms. The van der Waals surface area contributed by atoms with Gasteiger partial charge >= 0.3 is 0 Å². The van der Waals surface area contributed by atoms with E-state index in [1.54, 1.807) is 12.4 Å². The highest BCUT2D eigenvalue weighted by atomic mass is 15.5. The largest absolute Gasteiger partial charge is 0.380 e. The molecule has 6 nitrogen and oxygen atoms in total. The summed E-state index contributed by atoms with van der Waals surface area (Å²) in [4.78, 5) is 4.09. The van der Waals surface area contributed by atoms with E-state index in [0.717, 1.165) is 17.8 Å². The highest BCUT2D eigenvalue weighted by molar-refractivity contribution is 5.71. The molecule has 0 unspecified atom stereocenters. The van der Waals surface area contributed by atoms with Gasteiger partial charge in [-0.3, -0.25) is 4.98 Å². The van der Waals surface area contributed by atoms with E-state index in [4.69, 9.17) is 0 Å².